The molecule has 30 heavy (non-hydrogen) atoms. The molecule has 3 N–H and O–H groups in total. The zero-order chi connectivity index (χ0) is 22.7. The molecule has 1 unspecified atom stereocenters. The maximum Gasteiger partial charge on any atom is 0.183 e. The molecule has 164 valence electrons. The summed E-state index contributed by atoms with van der Waals surface area (Å²) < 4.78 is 11.1. The number of hydrogen-bond acceptors (Lipinski definition) is 5. The molecule has 2 aromatic carbocycles. The normalized spacial score (nSPS) is 23.2. The van der Waals surface area contributed by atoms with Crippen molar-refractivity contribution in [3.8, 4) is 0 Å². The van der Waals surface area contributed by atoms with E-state index in [0.717, 1.165) is 18.2 Å². The Balaban J connectivity index is 0.000000277. The number of aliphatic hydroxyl groups is 3. The van der Waals surface area contributed by atoms with E-state index in [0.29, 0.717) is 6.61 Å². The second-order valence-electron chi connectivity index (χ2n) is 8.14. The minimum atomic E-state index is -1.53. The summed E-state index contributed by atoms with van der Waals surface area (Å²) in [5, 5.41) is 26.7. The quantitative estimate of drug-likeness (QED) is 0.636. The lowest BCUT2D eigenvalue weighted by atomic mass is 9.86. The Morgan fingerprint density at radius 2 is 1.40 bits per heavy atom. The molecule has 4 atom stereocenters. The molecular formula is C23H35BO5Si. The maximum absolute atomic E-state index is 9.99. The fourth-order valence-corrected chi connectivity index (χ4v) is 3.54. The molecule has 3 rings (SSSR count). The second-order valence-corrected chi connectivity index (χ2v) is 12.6. The lowest BCUT2D eigenvalue weighted by Crippen LogP contribution is -2.35. The molecule has 1 fully saturated rings. The molecule has 0 aliphatic carbocycles. The zero-order valence-electron chi connectivity index (χ0n) is 18.6. The highest BCUT2D eigenvalue weighted by Gasteiger charge is 2.38. The van der Waals surface area contributed by atoms with Gasteiger partial charge in [-0.25, -0.2) is 0 Å². The van der Waals surface area contributed by atoms with Gasteiger partial charge in [0.15, 0.2) is 8.32 Å². The number of aliphatic hydroxyl groups excluding tert-OH is 3. The Morgan fingerprint density at radius 3 is 1.73 bits per heavy atom. The average Bonchev–Trinajstić information content (AvgIpc) is 3.01. The van der Waals surface area contributed by atoms with Crippen LogP contribution in [-0.2, 0) is 9.16 Å². The maximum atomic E-state index is 9.99. The third kappa shape index (κ3) is 8.72. The first-order valence-electron chi connectivity index (χ1n) is 10.1. The first-order chi connectivity index (χ1) is 14.2. The molecule has 1 heterocycles. The predicted molar refractivity (Wildman–Crippen MR) is 124 cm³/mol. The Bertz CT molecular complexity index is 656. The van der Waals surface area contributed by atoms with Gasteiger partial charge in [-0.2, -0.15) is 0 Å². The van der Waals surface area contributed by atoms with Crippen LogP contribution in [0.25, 0.3) is 0 Å². The molecule has 1 saturated heterocycles. The fraction of sp³-hybridized carbons (Fsp3) is 0.478. The van der Waals surface area contributed by atoms with Gasteiger partial charge in [0.2, 0.25) is 0 Å². The van der Waals surface area contributed by atoms with Gasteiger partial charge in [-0.3, -0.25) is 0 Å². The van der Waals surface area contributed by atoms with Crippen molar-refractivity contribution in [2.75, 3.05) is 13.7 Å². The summed E-state index contributed by atoms with van der Waals surface area (Å²) in [4.78, 5) is 0. The van der Waals surface area contributed by atoms with Crippen LogP contribution in [0.4, 0.5) is 0 Å². The molecule has 0 spiro atoms. The Kier molecular flexibility index (Phi) is 11.5. The molecule has 1 aliphatic rings. The Morgan fingerprint density at radius 1 is 0.967 bits per heavy atom. The van der Waals surface area contributed by atoms with Crippen molar-refractivity contribution in [3.05, 3.63) is 71.8 Å². The molecule has 2 radical (unpaired) electrons. The van der Waals surface area contributed by atoms with Crippen molar-refractivity contribution in [3.63, 3.8) is 0 Å². The van der Waals surface area contributed by atoms with E-state index in [1.165, 1.54) is 0 Å². The van der Waals surface area contributed by atoms with E-state index in [2.05, 4.69) is 19.6 Å². The molecule has 0 aromatic heterocycles. The van der Waals surface area contributed by atoms with Crippen LogP contribution in [0, 0.1) is 5.92 Å². The third-order valence-corrected chi connectivity index (χ3v) is 5.71. The van der Waals surface area contributed by atoms with E-state index in [1.807, 2.05) is 67.6 Å². The molecule has 2 aromatic rings. The van der Waals surface area contributed by atoms with Crippen LogP contribution in [0.5, 0.6) is 0 Å². The highest BCUT2D eigenvalue weighted by molar-refractivity contribution is 6.69. The van der Waals surface area contributed by atoms with Gasteiger partial charge in [0, 0.05) is 19.0 Å². The van der Waals surface area contributed by atoms with Gasteiger partial charge < -0.3 is 24.5 Å². The monoisotopic (exact) mass is 430 g/mol. The first kappa shape index (κ1) is 26.6. The molecule has 7 heteroatoms. The number of rotatable bonds is 5. The number of hydrogen-bond donors (Lipinski definition) is 3. The molecular weight excluding hydrogens is 395 g/mol. The number of ether oxygens (including phenoxy) is 1. The lowest BCUT2D eigenvalue weighted by molar-refractivity contribution is -0.000160. The van der Waals surface area contributed by atoms with Crippen molar-refractivity contribution >= 4 is 16.2 Å². The van der Waals surface area contributed by atoms with Crippen LogP contribution in [0.3, 0.4) is 0 Å². The van der Waals surface area contributed by atoms with E-state index >= 15 is 0 Å². The van der Waals surface area contributed by atoms with Crippen LogP contribution < -0.4 is 0 Å². The van der Waals surface area contributed by atoms with E-state index in [9.17, 15) is 10.2 Å². The molecule has 5 nitrogen and oxygen atoms in total. The molecule has 0 saturated carbocycles. The van der Waals surface area contributed by atoms with Crippen molar-refractivity contribution < 1.29 is 24.5 Å². The van der Waals surface area contributed by atoms with Crippen molar-refractivity contribution in [1.29, 1.82) is 0 Å². The molecule has 1 aliphatic heterocycles. The fourth-order valence-electron chi connectivity index (χ4n) is 2.87. The summed E-state index contributed by atoms with van der Waals surface area (Å²) >= 11 is 0. The summed E-state index contributed by atoms with van der Waals surface area (Å²) in [5.41, 5.74) is 1.86. The minimum Gasteiger partial charge on any atom is -0.415 e. The highest BCUT2D eigenvalue weighted by atomic mass is 28.4. The first-order valence-corrected chi connectivity index (χ1v) is 13.6. The third-order valence-electron chi connectivity index (χ3n) is 4.68. The van der Waals surface area contributed by atoms with Crippen molar-refractivity contribution in [2.45, 2.75) is 50.9 Å². The van der Waals surface area contributed by atoms with Crippen LogP contribution in [0.1, 0.15) is 24.2 Å². The van der Waals surface area contributed by atoms with E-state index in [-0.39, 0.29) is 18.0 Å². The Hall–Kier alpha value is -1.48. The Labute approximate surface area is 183 Å². The molecule has 0 bridgehead atoms. The van der Waals surface area contributed by atoms with E-state index in [4.69, 9.17) is 22.1 Å². The van der Waals surface area contributed by atoms with Crippen LogP contribution in [-0.4, -0.2) is 63.4 Å². The van der Waals surface area contributed by atoms with Crippen molar-refractivity contribution in [1.82, 2.24) is 0 Å². The van der Waals surface area contributed by atoms with Gasteiger partial charge in [-0.15, -0.1) is 0 Å². The van der Waals surface area contributed by atoms with Crippen molar-refractivity contribution in [2.24, 2.45) is 5.92 Å². The molecule has 0 amide bonds. The van der Waals surface area contributed by atoms with Gasteiger partial charge in [-0.05, 0) is 30.8 Å². The number of benzene rings is 2. The van der Waals surface area contributed by atoms with Crippen LogP contribution in [0.2, 0.25) is 19.6 Å². The van der Waals surface area contributed by atoms with Gasteiger partial charge in [0.1, 0.15) is 20.1 Å². The van der Waals surface area contributed by atoms with Crippen LogP contribution in [0.15, 0.2) is 60.7 Å². The van der Waals surface area contributed by atoms with E-state index < -0.39 is 20.5 Å². The lowest BCUT2D eigenvalue weighted by Gasteiger charge is -2.22. The van der Waals surface area contributed by atoms with Gasteiger partial charge in [0.05, 0.1) is 12.7 Å². The largest absolute Gasteiger partial charge is 0.415 e. The standard InChI is InChI=1S/C13H12O.C9H19BO3Si.CH4O/c14-13(11-7-3-1-4-8-11)12-9-5-2-6-10-12;1-6-8(11)7(13-9(6)10)5-12-14(2,3)4;1-2/h1-10,13-14H;6-9,11H,5H2,1-4H3;2H,1H3/t;6?,7-,8-,9-;/m.1./s1. The zero-order valence-corrected chi connectivity index (χ0v) is 19.6. The van der Waals surface area contributed by atoms with E-state index in [1.54, 1.807) is 0 Å². The van der Waals surface area contributed by atoms with Gasteiger partial charge in [-0.1, -0.05) is 67.6 Å². The topological polar surface area (TPSA) is 79.2 Å². The van der Waals surface area contributed by atoms with Gasteiger partial charge in [0.25, 0.3) is 0 Å². The second kappa shape index (κ2) is 13.0. The predicted octanol–water partition coefficient (Wildman–Crippen LogP) is 3.11. The summed E-state index contributed by atoms with van der Waals surface area (Å²) in [6, 6.07) is 19.0. The highest BCUT2D eigenvalue weighted by Crippen LogP contribution is 2.25. The SMILES string of the molecule is CO.OC(c1ccccc1)c1ccccc1.[B][C@@H]1O[C@H](CO[Si](C)(C)C)[C@H](O)C1C. The average molecular weight is 430 g/mol. The van der Waals surface area contributed by atoms with Crippen LogP contribution >= 0.6 is 0 Å². The summed E-state index contributed by atoms with van der Waals surface area (Å²) in [6.45, 7) is 8.67. The summed E-state index contributed by atoms with van der Waals surface area (Å²) in [7, 11) is 5.14. The summed E-state index contributed by atoms with van der Waals surface area (Å²) in [6.07, 6.45) is -1.27. The minimum absolute atomic E-state index is 0.00904. The smallest absolute Gasteiger partial charge is 0.183 e. The van der Waals surface area contributed by atoms with Gasteiger partial charge >= 0.3 is 0 Å². The summed E-state index contributed by atoms with van der Waals surface area (Å²) in [5.74, 6) is -0.00904.